The minimum absolute atomic E-state index is 0.0267. The van der Waals surface area contributed by atoms with Crippen LogP contribution >= 0.6 is 11.6 Å². The number of halogens is 7. The van der Waals surface area contributed by atoms with Gasteiger partial charge in [0, 0.05) is 30.3 Å². The van der Waals surface area contributed by atoms with Crippen LogP contribution in [0.5, 0.6) is 0 Å². The number of allylic oxidation sites excluding steroid dienone is 2. The highest BCUT2D eigenvalue weighted by atomic mass is 35.5. The predicted molar refractivity (Wildman–Crippen MR) is 82.4 cm³/mol. The maximum absolute atomic E-state index is 12.9. The highest BCUT2D eigenvalue weighted by Gasteiger charge is 2.37. The Hall–Kier alpha value is -2.03. The minimum Gasteiger partial charge on any atom is -0.352 e. The Morgan fingerprint density at radius 2 is 1.88 bits per heavy atom. The second-order valence-electron chi connectivity index (χ2n) is 5.49. The number of rotatable bonds is 4. The van der Waals surface area contributed by atoms with E-state index in [-0.39, 0.29) is 36.5 Å². The van der Waals surface area contributed by atoms with E-state index in [0.29, 0.717) is 12.3 Å². The molecule has 1 heterocycles. The molecule has 10 heteroatoms. The van der Waals surface area contributed by atoms with Crippen molar-refractivity contribution in [1.29, 1.82) is 0 Å². The summed E-state index contributed by atoms with van der Waals surface area (Å²) in [6.07, 6.45) is -6.11. The smallest absolute Gasteiger partial charge is 0.352 e. The van der Waals surface area contributed by atoms with Gasteiger partial charge in [-0.3, -0.25) is 9.78 Å². The number of nitrogens with zero attached hydrogens (tertiary/aromatic N) is 1. The number of alkyl halides is 6. The van der Waals surface area contributed by atoms with E-state index in [1.807, 2.05) is 0 Å². The number of nitrogens with one attached hydrogen (secondary N) is 1. The van der Waals surface area contributed by atoms with Crippen molar-refractivity contribution in [2.45, 2.75) is 31.6 Å². The molecule has 26 heavy (non-hydrogen) atoms. The third-order valence-corrected chi connectivity index (χ3v) is 3.98. The fourth-order valence-electron chi connectivity index (χ4n) is 2.37. The van der Waals surface area contributed by atoms with Gasteiger partial charge in [0.05, 0.1) is 16.3 Å². The lowest BCUT2D eigenvalue weighted by atomic mass is 9.96. The van der Waals surface area contributed by atoms with Gasteiger partial charge in [0.15, 0.2) is 0 Å². The molecule has 1 aromatic heterocycles. The summed E-state index contributed by atoms with van der Waals surface area (Å²) in [5.74, 6) is -0.906. The zero-order valence-corrected chi connectivity index (χ0v) is 13.9. The van der Waals surface area contributed by atoms with Gasteiger partial charge < -0.3 is 5.32 Å². The normalized spacial score (nSPS) is 15.3. The second-order valence-corrected chi connectivity index (χ2v) is 5.89. The summed E-state index contributed by atoms with van der Waals surface area (Å²) < 4.78 is 76.4. The monoisotopic (exact) mass is 398 g/mol. The molecule has 0 bridgehead atoms. The third-order valence-electron chi connectivity index (χ3n) is 3.65. The summed E-state index contributed by atoms with van der Waals surface area (Å²) in [5, 5.41) is 2.07. The molecular formula is C16H13ClF6N2O. The van der Waals surface area contributed by atoms with Gasteiger partial charge in [-0.25, -0.2) is 0 Å². The van der Waals surface area contributed by atoms with E-state index in [2.05, 4.69) is 10.3 Å². The standard InChI is InChI=1S/C16H13ClF6N2O/c17-12-7-9(15(18,19)20)8-25-13(12)5-6-24-14(26)10-3-1-2-4-11(10)16(21,22)23/h1,3,7-8H,2,4-6H2,(H,24,26). The molecule has 1 amide bonds. The number of carbonyl (C=O) groups is 1. The van der Waals surface area contributed by atoms with Crippen molar-refractivity contribution in [3.8, 4) is 0 Å². The summed E-state index contributed by atoms with van der Waals surface area (Å²) in [5.41, 5.74) is -2.27. The Morgan fingerprint density at radius 1 is 1.19 bits per heavy atom. The average molecular weight is 399 g/mol. The molecule has 0 unspecified atom stereocenters. The van der Waals surface area contributed by atoms with Crippen molar-refractivity contribution >= 4 is 17.5 Å². The van der Waals surface area contributed by atoms with E-state index < -0.39 is 35.0 Å². The van der Waals surface area contributed by atoms with Crippen LogP contribution in [-0.4, -0.2) is 23.6 Å². The molecule has 0 aromatic carbocycles. The molecule has 0 saturated heterocycles. The van der Waals surface area contributed by atoms with Gasteiger partial charge in [-0.05, 0) is 18.9 Å². The van der Waals surface area contributed by atoms with Crippen molar-refractivity contribution in [1.82, 2.24) is 10.3 Å². The van der Waals surface area contributed by atoms with E-state index in [9.17, 15) is 31.1 Å². The molecule has 2 rings (SSSR count). The number of hydrogen-bond acceptors (Lipinski definition) is 2. The number of amides is 1. The summed E-state index contributed by atoms with van der Waals surface area (Å²) in [6.45, 7) is -0.126. The highest BCUT2D eigenvalue weighted by molar-refractivity contribution is 6.31. The Morgan fingerprint density at radius 3 is 2.46 bits per heavy atom. The number of hydrogen-bond donors (Lipinski definition) is 1. The zero-order valence-electron chi connectivity index (χ0n) is 13.1. The summed E-state index contributed by atoms with van der Waals surface area (Å²) in [4.78, 5) is 15.6. The van der Waals surface area contributed by atoms with E-state index in [4.69, 9.17) is 11.6 Å². The van der Waals surface area contributed by atoms with E-state index >= 15 is 0 Å². The lowest BCUT2D eigenvalue weighted by molar-refractivity contribution is -0.137. The van der Waals surface area contributed by atoms with Crippen molar-refractivity contribution < 1.29 is 31.1 Å². The minimum atomic E-state index is -4.60. The van der Waals surface area contributed by atoms with Gasteiger partial charge in [0.1, 0.15) is 0 Å². The Kier molecular flexibility index (Phi) is 6.00. The first-order chi connectivity index (χ1) is 12.0. The molecule has 0 aliphatic heterocycles. The molecule has 0 atom stereocenters. The first-order valence-electron chi connectivity index (χ1n) is 7.47. The highest BCUT2D eigenvalue weighted by Crippen LogP contribution is 2.34. The number of pyridine rings is 1. The fraction of sp³-hybridized carbons (Fsp3) is 0.375. The van der Waals surface area contributed by atoms with Crippen molar-refractivity contribution in [2.24, 2.45) is 0 Å². The quantitative estimate of drug-likeness (QED) is 0.752. The van der Waals surface area contributed by atoms with Crippen LogP contribution in [0.2, 0.25) is 5.02 Å². The Labute approximate surface area is 149 Å². The molecule has 1 aliphatic rings. The number of carbonyl (C=O) groups excluding carboxylic acids is 1. The van der Waals surface area contributed by atoms with Crippen molar-refractivity contribution in [2.75, 3.05) is 6.54 Å². The van der Waals surface area contributed by atoms with Crippen LogP contribution in [0.25, 0.3) is 0 Å². The van der Waals surface area contributed by atoms with Gasteiger partial charge in [-0.1, -0.05) is 23.8 Å². The maximum Gasteiger partial charge on any atom is 0.417 e. The second kappa shape index (κ2) is 7.69. The van der Waals surface area contributed by atoms with Gasteiger partial charge >= 0.3 is 12.4 Å². The van der Waals surface area contributed by atoms with Crippen LogP contribution in [0.15, 0.2) is 35.6 Å². The summed E-state index contributed by atoms with van der Waals surface area (Å²) in [6, 6.07) is 0.708. The first kappa shape index (κ1) is 20.3. The average Bonchev–Trinajstić information content (AvgIpc) is 2.54. The Balaban J connectivity index is 2.03. The largest absolute Gasteiger partial charge is 0.417 e. The molecular weight excluding hydrogens is 386 g/mol. The number of aromatic nitrogens is 1. The Bertz CT molecular complexity index is 752. The lowest BCUT2D eigenvalue weighted by Crippen LogP contribution is -2.30. The van der Waals surface area contributed by atoms with Gasteiger partial charge in [-0.15, -0.1) is 0 Å². The molecule has 0 radical (unpaired) electrons. The lowest BCUT2D eigenvalue weighted by Gasteiger charge is -2.18. The van der Waals surface area contributed by atoms with Crippen LogP contribution in [-0.2, 0) is 17.4 Å². The van der Waals surface area contributed by atoms with Crippen molar-refractivity contribution in [3.63, 3.8) is 0 Å². The van der Waals surface area contributed by atoms with E-state index in [0.717, 1.165) is 6.08 Å². The van der Waals surface area contributed by atoms with E-state index in [1.165, 1.54) is 6.08 Å². The molecule has 0 saturated carbocycles. The van der Waals surface area contributed by atoms with E-state index in [1.54, 1.807) is 0 Å². The first-order valence-corrected chi connectivity index (χ1v) is 7.84. The fourth-order valence-corrected chi connectivity index (χ4v) is 2.63. The molecule has 0 spiro atoms. The van der Waals surface area contributed by atoms with Crippen molar-refractivity contribution in [3.05, 3.63) is 51.8 Å². The third kappa shape index (κ3) is 5.00. The van der Waals surface area contributed by atoms with Crippen LogP contribution in [0.3, 0.4) is 0 Å². The summed E-state index contributed by atoms with van der Waals surface area (Å²) in [7, 11) is 0. The zero-order chi connectivity index (χ0) is 19.5. The van der Waals surface area contributed by atoms with Gasteiger partial charge in [0.2, 0.25) is 0 Å². The topological polar surface area (TPSA) is 42.0 Å². The summed E-state index contributed by atoms with van der Waals surface area (Å²) >= 11 is 5.74. The molecule has 3 nitrogen and oxygen atoms in total. The molecule has 1 N–H and O–H groups in total. The maximum atomic E-state index is 12.9. The predicted octanol–water partition coefficient (Wildman–Crippen LogP) is 4.62. The van der Waals surface area contributed by atoms with Crippen LogP contribution in [0.1, 0.15) is 24.1 Å². The van der Waals surface area contributed by atoms with Gasteiger partial charge in [-0.2, -0.15) is 26.3 Å². The molecule has 0 fully saturated rings. The molecule has 1 aliphatic carbocycles. The van der Waals surface area contributed by atoms with Crippen LogP contribution in [0, 0.1) is 0 Å². The van der Waals surface area contributed by atoms with Crippen LogP contribution in [0.4, 0.5) is 26.3 Å². The SMILES string of the molecule is O=C(NCCc1ncc(C(F)(F)F)cc1Cl)C1=C(C(F)(F)F)CCC=C1. The van der Waals surface area contributed by atoms with Gasteiger partial charge in [0.25, 0.3) is 5.91 Å². The molecule has 142 valence electrons. The molecule has 1 aromatic rings. The van der Waals surface area contributed by atoms with Crippen LogP contribution < -0.4 is 5.32 Å².